The maximum Gasteiger partial charge on any atom is 0.291 e. The van der Waals surface area contributed by atoms with E-state index in [2.05, 4.69) is 16.0 Å². The molecule has 4 rings (SSSR count). The number of rotatable bonds is 5. The Morgan fingerprint density at radius 3 is 2.36 bits per heavy atom. The van der Waals surface area contributed by atoms with Crippen LogP contribution >= 0.6 is 11.6 Å². The normalized spacial score (nSPS) is 14.6. The Balaban J connectivity index is 1.45. The van der Waals surface area contributed by atoms with Gasteiger partial charge in [0.15, 0.2) is 11.5 Å². The molecule has 0 unspecified atom stereocenters. The first-order chi connectivity index (χ1) is 15.9. The van der Waals surface area contributed by atoms with E-state index < -0.39 is 21.8 Å². The van der Waals surface area contributed by atoms with Gasteiger partial charge in [-0.25, -0.2) is 8.42 Å². The Bertz CT molecular complexity index is 1270. The molecule has 172 valence electrons. The maximum absolute atomic E-state index is 12.9. The van der Waals surface area contributed by atoms with Crippen LogP contribution in [0.3, 0.4) is 0 Å². The fraction of sp³-hybridized carbons (Fsp3) is 0.227. The third-order valence-electron chi connectivity index (χ3n) is 5.23. The molecule has 9 nitrogen and oxygen atoms in total. The summed E-state index contributed by atoms with van der Waals surface area (Å²) in [5.41, 5.74) is 5.08. The van der Waals surface area contributed by atoms with Crippen molar-refractivity contribution in [1.82, 2.24) is 20.3 Å². The van der Waals surface area contributed by atoms with E-state index in [4.69, 9.17) is 16.1 Å². The molecule has 1 aromatic heterocycles. The van der Waals surface area contributed by atoms with Gasteiger partial charge in [0.2, 0.25) is 10.0 Å². The Labute approximate surface area is 195 Å². The molecule has 0 spiro atoms. The quantitative estimate of drug-likeness (QED) is 0.532. The summed E-state index contributed by atoms with van der Waals surface area (Å²) in [6.07, 6.45) is 2.57. The first-order valence-corrected chi connectivity index (χ1v) is 12.1. The summed E-state index contributed by atoms with van der Waals surface area (Å²) < 4.78 is 32.4. The molecule has 0 radical (unpaired) electrons. The second-order valence-electron chi connectivity index (χ2n) is 7.46. The second-order valence-corrected chi connectivity index (χ2v) is 9.80. The van der Waals surface area contributed by atoms with Crippen LogP contribution in [0.15, 0.2) is 64.0 Å². The van der Waals surface area contributed by atoms with Crippen molar-refractivity contribution in [2.45, 2.75) is 24.2 Å². The highest BCUT2D eigenvalue weighted by atomic mass is 35.5. The van der Waals surface area contributed by atoms with Gasteiger partial charge in [-0.05, 0) is 31.0 Å². The van der Waals surface area contributed by atoms with Crippen molar-refractivity contribution < 1.29 is 22.5 Å². The number of aromatic nitrogens is 1. The lowest BCUT2D eigenvalue weighted by Gasteiger charge is -2.26. The van der Waals surface area contributed by atoms with Crippen LogP contribution in [0.5, 0.6) is 0 Å². The molecule has 2 aromatic carbocycles. The van der Waals surface area contributed by atoms with Crippen molar-refractivity contribution in [3.05, 3.63) is 70.9 Å². The highest BCUT2D eigenvalue weighted by Gasteiger charge is 2.27. The van der Waals surface area contributed by atoms with E-state index in [-0.39, 0.29) is 21.2 Å². The number of hydrogen-bond donors (Lipinski definition) is 2. The number of amides is 2. The van der Waals surface area contributed by atoms with Crippen LogP contribution < -0.4 is 10.9 Å². The minimum absolute atomic E-state index is 0.0331. The standard InChI is InChI=1S/C22H21ClN4O5S/c23-18-10-9-16(33(30,31)27-11-5-2-6-12-27)13-17(18)21(28)24-25-22(29)19-14-20(32-26-19)15-7-3-1-4-8-15/h1,3-4,7-10,13-14H,2,5-6,11-12H2,(H,24,28)(H,25,29). The molecule has 2 N–H and O–H groups in total. The van der Waals surface area contributed by atoms with E-state index >= 15 is 0 Å². The van der Waals surface area contributed by atoms with Gasteiger partial charge in [-0.3, -0.25) is 20.4 Å². The summed E-state index contributed by atoms with van der Waals surface area (Å²) in [6.45, 7) is 0.871. The second kappa shape index (κ2) is 9.74. The van der Waals surface area contributed by atoms with Crippen LogP contribution in [0, 0.1) is 0 Å². The predicted molar refractivity (Wildman–Crippen MR) is 121 cm³/mol. The number of nitrogens with one attached hydrogen (secondary N) is 2. The monoisotopic (exact) mass is 488 g/mol. The van der Waals surface area contributed by atoms with E-state index in [1.54, 1.807) is 12.1 Å². The van der Waals surface area contributed by atoms with E-state index in [1.807, 2.05) is 18.2 Å². The highest BCUT2D eigenvalue weighted by molar-refractivity contribution is 7.89. The Morgan fingerprint density at radius 1 is 0.939 bits per heavy atom. The fourth-order valence-corrected chi connectivity index (χ4v) is 5.21. The molecule has 0 atom stereocenters. The molecule has 1 aliphatic heterocycles. The number of carbonyl (C=O) groups is 2. The zero-order valence-electron chi connectivity index (χ0n) is 17.5. The molecular weight excluding hydrogens is 468 g/mol. The van der Waals surface area contributed by atoms with Gasteiger partial charge in [-0.15, -0.1) is 0 Å². The van der Waals surface area contributed by atoms with E-state index in [1.165, 1.54) is 28.6 Å². The van der Waals surface area contributed by atoms with Gasteiger partial charge >= 0.3 is 0 Å². The van der Waals surface area contributed by atoms with Crippen LogP contribution in [-0.4, -0.2) is 42.8 Å². The average Bonchev–Trinajstić information content (AvgIpc) is 3.34. The van der Waals surface area contributed by atoms with E-state index in [0.29, 0.717) is 18.8 Å². The minimum Gasteiger partial charge on any atom is -0.355 e. The maximum atomic E-state index is 12.9. The van der Waals surface area contributed by atoms with Crippen LogP contribution in [0.2, 0.25) is 5.02 Å². The number of sulfonamides is 1. The molecule has 3 aromatic rings. The summed E-state index contributed by atoms with van der Waals surface area (Å²) in [4.78, 5) is 24.9. The molecular formula is C22H21ClN4O5S. The molecule has 2 amide bonds. The van der Waals surface area contributed by atoms with Crippen LogP contribution in [0.25, 0.3) is 11.3 Å². The number of piperidine rings is 1. The van der Waals surface area contributed by atoms with Gasteiger partial charge in [-0.2, -0.15) is 4.31 Å². The van der Waals surface area contributed by atoms with Crippen LogP contribution in [0.1, 0.15) is 40.1 Å². The zero-order chi connectivity index (χ0) is 23.4. The van der Waals surface area contributed by atoms with Crippen molar-refractivity contribution in [1.29, 1.82) is 0 Å². The van der Waals surface area contributed by atoms with E-state index in [0.717, 1.165) is 24.8 Å². The fourth-order valence-electron chi connectivity index (χ4n) is 3.46. The van der Waals surface area contributed by atoms with Gasteiger partial charge in [0, 0.05) is 24.7 Å². The van der Waals surface area contributed by atoms with Crippen LogP contribution in [-0.2, 0) is 10.0 Å². The molecule has 1 saturated heterocycles. The smallest absolute Gasteiger partial charge is 0.291 e. The summed E-state index contributed by atoms with van der Waals surface area (Å²) in [7, 11) is -3.75. The molecule has 0 aliphatic carbocycles. The number of hydrazine groups is 1. The highest BCUT2D eigenvalue weighted by Crippen LogP contribution is 2.25. The largest absolute Gasteiger partial charge is 0.355 e. The summed E-state index contributed by atoms with van der Waals surface area (Å²) in [6, 6.07) is 14.4. The number of carbonyl (C=O) groups excluding carboxylic acids is 2. The van der Waals surface area contributed by atoms with Gasteiger partial charge in [0.1, 0.15) is 0 Å². The zero-order valence-corrected chi connectivity index (χ0v) is 19.0. The van der Waals surface area contributed by atoms with E-state index in [9.17, 15) is 18.0 Å². The number of hydrogen-bond acceptors (Lipinski definition) is 6. The van der Waals surface area contributed by atoms with Crippen molar-refractivity contribution in [3.8, 4) is 11.3 Å². The van der Waals surface area contributed by atoms with Crippen LogP contribution in [0.4, 0.5) is 0 Å². The molecule has 0 bridgehead atoms. The van der Waals surface area contributed by atoms with Gasteiger partial charge < -0.3 is 4.52 Å². The number of halogens is 1. The lowest BCUT2D eigenvalue weighted by molar-refractivity contribution is 0.0841. The van der Waals surface area contributed by atoms with Gasteiger partial charge in [0.05, 0.1) is 15.5 Å². The summed E-state index contributed by atoms with van der Waals surface area (Å²) in [5, 5.41) is 3.76. The van der Waals surface area contributed by atoms with Gasteiger partial charge in [-0.1, -0.05) is 53.5 Å². The molecule has 1 fully saturated rings. The van der Waals surface area contributed by atoms with Crippen molar-refractivity contribution in [2.75, 3.05) is 13.1 Å². The lowest BCUT2D eigenvalue weighted by atomic mass is 10.1. The number of benzene rings is 2. The van der Waals surface area contributed by atoms with Crippen molar-refractivity contribution in [3.63, 3.8) is 0 Å². The Morgan fingerprint density at radius 2 is 1.64 bits per heavy atom. The predicted octanol–water partition coefficient (Wildman–Crippen LogP) is 3.24. The molecule has 11 heteroatoms. The third-order valence-corrected chi connectivity index (χ3v) is 7.45. The SMILES string of the molecule is O=C(NNC(=O)c1cc(S(=O)(=O)N2CCCCC2)ccc1Cl)c1cc(-c2ccccc2)on1. The topological polar surface area (TPSA) is 122 Å². The lowest BCUT2D eigenvalue weighted by Crippen LogP contribution is -2.42. The number of nitrogens with zero attached hydrogens (tertiary/aromatic N) is 2. The molecule has 33 heavy (non-hydrogen) atoms. The summed E-state index contributed by atoms with van der Waals surface area (Å²) >= 11 is 6.12. The van der Waals surface area contributed by atoms with Crippen molar-refractivity contribution >= 4 is 33.4 Å². The van der Waals surface area contributed by atoms with Gasteiger partial charge in [0.25, 0.3) is 11.8 Å². The first-order valence-electron chi connectivity index (χ1n) is 10.3. The Hall–Kier alpha value is -3.21. The molecule has 1 aliphatic rings. The Kier molecular flexibility index (Phi) is 6.77. The first kappa shape index (κ1) is 23.0. The molecule has 0 saturated carbocycles. The third kappa shape index (κ3) is 5.08. The summed E-state index contributed by atoms with van der Waals surface area (Å²) in [5.74, 6) is -1.08. The minimum atomic E-state index is -3.75. The average molecular weight is 489 g/mol. The van der Waals surface area contributed by atoms with Crippen molar-refractivity contribution in [2.24, 2.45) is 0 Å². The molecule has 2 heterocycles.